The van der Waals surface area contributed by atoms with E-state index in [2.05, 4.69) is 10.3 Å². The van der Waals surface area contributed by atoms with Gasteiger partial charge in [-0.2, -0.15) is 0 Å². The average molecular weight is 473 g/mol. The highest BCUT2D eigenvalue weighted by Gasteiger charge is 2.48. The molecular weight excluding hydrogens is 450 g/mol. The van der Waals surface area contributed by atoms with Gasteiger partial charge in [-0.05, 0) is 42.5 Å². The number of methoxy groups -OCH3 is 2. The molecular formula is C26H23N3O6. The molecule has 178 valence electrons. The second kappa shape index (κ2) is 9.68. The van der Waals surface area contributed by atoms with Crippen LogP contribution in [-0.2, 0) is 14.4 Å². The van der Waals surface area contributed by atoms with Gasteiger partial charge in [0.1, 0.15) is 28.9 Å². The maximum Gasteiger partial charge on any atom is 0.300 e. The third-order valence-electron chi connectivity index (χ3n) is 5.52. The number of ketones is 1. The molecule has 9 heteroatoms. The molecule has 0 saturated carbocycles. The van der Waals surface area contributed by atoms with Crippen LogP contribution >= 0.6 is 0 Å². The standard InChI is InChI=1S/C26H23N3O6/c1-15(30)28-16-8-6-9-17(14-16)29-23(18-10-4-5-13-27-18)22(25(32)26(29)33)24(31)21-19(34-2)11-7-12-20(21)35-3/h4-14,23,31H,1-3H3,(H,28,30)/b24-22+. The molecule has 1 aliphatic heterocycles. The molecule has 1 unspecified atom stereocenters. The first kappa shape index (κ1) is 23.5. The average Bonchev–Trinajstić information content (AvgIpc) is 3.13. The number of Topliss-reactive ketones (excluding diaryl/α,β-unsaturated/α-hetero) is 1. The Hall–Kier alpha value is -4.66. The van der Waals surface area contributed by atoms with Gasteiger partial charge in [-0.25, -0.2) is 0 Å². The second-order valence-electron chi connectivity index (χ2n) is 7.69. The lowest BCUT2D eigenvalue weighted by atomic mass is 9.97. The van der Waals surface area contributed by atoms with Crippen molar-refractivity contribution in [2.45, 2.75) is 13.0 Å². The third kappa shape index (κ3) is 4.31. The van der Waals surface area contributed by atoms with Crippen LogP contribution in [0, 0.1) is 0 Å². The van der Waals surface area contributed by atoms with Crippen LogP contribution in [0.4, 0.5) is 11.4 Å². The van der Waals surface area contributed by atoms with Gasteiger partial charge in [0.2, 0.25) is 5.91 Å². The highest BCUT2D eigenvalue weighted by molar-refractivity contribution is 6.51. The molecule has 1 aromatic heterocycles. The van der Waals surface area contributed by atoms with Crippen molar-refractivity contribution in [3.63, 3.8) is 0 Å². The first-order valence-corrected chi connectivity index (χ1v) is 10.7. The molecule has 2 aromatic carbocycles. The molecule has 0 aliphatic carbocycles. The zero-order valence-corrected chi connectivity index (χ0v) is 19.3. The minimum atomic E-state index is -1.04. The fourth-order valence-electron chi connectivity index (χ4n) is 4.07. The smallest absolute Gasteiger partial charge is 0.300 e. The number of aliphatic hydroxyl groups is 1. The molecule has 2 N–H and O–H groups in total. The molecule has 4 rings (SSSR count). The van der Waals surface area contributed by atoms with Crippen LogP contribution in [0.1, 0.15) is 24.2 Å². The van der Waals surface area contributed by atoms with Crippen molar-refractivity contribution in [1.29, 1.82) is 0 Å². The van der Waals surface area contributed by atoms with Crippen LogP contribution in [0.2, 0.25) is 0 Å². The summed E-state index contributed by atoms with van der Waals surface area (Å²) in [5.74, 6) is -1.95. The fourth-order valence-corrected chi connectivity index (χ4v) is 4.07. The van der Waals surface area contributed by atoms with Crippen molar-refractivity contribution < 1.29 is 29.0 Å². The van der Waals surface area contributed by atoms with E-state index in [0.717, 1.165) is 0 Å². The van der Waals surface area contributed by atoms with E-state index in [-0.39, 0.29) is 28.5 Å². The van der Waals surface area contributed by atoms with Crippen molar-refractivity contribution in [3.8, 4) is 11.5 Å². The zero-order chi connectivity index (χ0) is 25.1. The Morgan fingerprint density at radius 3 is 2.29 bits per heavy atom. The summed E-state index contributed by atoms with van der Waals surface area (Å²) in [7, 11) is 2.85. The predicted molar refractivity (Wildman–Crippen MR) is 129 cm³/mol. The molecule has 0 bridgehead atoms. The van der Waals surface area contributed by atoms with Crippen LogP contribution in [-0.4, -0.2) is 41.9 Å². The lowest BCUT2D eigenvalue weighted by molar-refractivity contribution is -0.132. The monoisotopic (exact) mass is 473 g/mol. The van der Waals surface area contributed by atoms with Gasteiger partial charge in [0.15, 0.2) is 0 Å². The number of aliphatic hydroxyl groups excluding tert-OH is 1. The highest BCUT2D eigenvalue weighted by atomic mass is 16.5. The Balaban J connectivity index is 1.97. The number of carbonyl (C=O) groups excluding carboxylic acids is 3. The Morgan fingerprint density at radius 2 is 1.69 bits per heavy atom. The lowest BCUT2D eigenvalue weighted by Crippen LogP contribution is -2.30. The van der Waals surface area contributed by atoms with Gasteiger partial charge in [-0.1, -0.05) is 18.2 Å². The summed E-state index contributed by atoms with van der Waals surface area (Å²) in [5.41, 5.74) is 1.14. The molecule has 9 nitrogen and oxygen atoms in total. The Morgan fingerprint density at radius 1 is 1.00 bits per heavy atom. The first-order chi connectivity index (χ1) is 16.9. The minimum Gasteiger partial charge on any atom is -0.506 e. The lowest BCUT2D eigenvalue weighted by Gasteiger charge is -2.25. The number of amides is 2. The van der Waals surface area contributed by atoms with E-state index < -0.39 is 23.5 Å². The van der Waals surface area contributed by atoms with Gasteiger partial charge < -0.3 is 19.9 Å². The number of hydrogen-bond acceptors (Lipinski definition) is 7. The molecule has 1 atom stereocenters. The van der Waals surface area contributed by atoms with Crippen molar-refractivity contribution in [3.05, 3.63) is 83.7 Å². The van der Waals surface area contributed by atoms with Crippen LogP contribution in [0.15, 0.2) is 72.4 Å². The van der Waals surface area contributed by atoms with Gasteiger partial charge in [0.05, 0.1) is 25.5 Å². The van der Waals surface area contributed by atoms with E-state index >= 15 is 0 Å². The van der Waals surface area contributed by atoms with Gasteiger partial charge in [-0.3, -0.25) is 24.3 Å². The molecule has 1 saturated heterocycles. The second-order valence-corrected chi connectivity index (χ2v) is 7.69. The summed E-state index contributed by atoms with van der Waals surface area (Å²) >= 11 is 0. The molecule has 0 radical (unpaired) electrons. The van der Waals surface area contributed by atoms with E-state index in [1.807, 2.05) is 0 Å². The summed E-state index contributed by atoms with van der Waals surface area (Å²) < 4.78 is 10.8. The molecule has 1 fully saturated rings. The van der Waals surface area contributed by atoms with E-state index in [1.165, 1.54) is 32.2 Å². The van der Waals surface area contributed by atoms with E-state index in [0.29, 0.717) is 17.1 Å². The van der Waals surface area contributed by atoms with Crippen molar-refractivity contribution in [2.75, 3.05) is 24.4 Å². The molecule has 35 heavy (non-hydrogen) atoms. The maximum atomic E-state index is 13.4. The summed E-state index contributed by atoms with van der Waals surface area (Å²) in [5, 5.41) is 14.1. The molecule has 2 heterocycles. The van der Waals surface area contributed by atoms with Crippen LogP contribution in [0.5, 0.6) is 11.5 Å². The Bertz CT molecular complexity index is 1310. The number of hydrogen-bond donors (Lipinski definition) is 2. The van der Waals surface area contributed by atoms with Gasteiger partial charge in [0, 0.05) is 24.5 Å². The minimum absolute atomic E-state index is 0.142. The fraction of sp³-hybridized carbons (Fsp3) is 0.154. The number of ether oxygens (including phenoxy) is 2. The highest BCUT2D eigenvalue weighted by Crippen LogP contribution is 2.44. The van der Waals surface area contributed by atoms with Crippen LogP contribution < -0.4 is 19.7 Å². The van der Waals surface area contributed by atoms with Gasteiger partial charge >= 0.3 is 0 Å². The summed E-state index contributed by atoms with van der Waals surface area (Å²) in [4.78, 5) is 43.9. The number of pyridine rings is 1. The third-order valence-corrected chi connectivity index (χ3v) is 5.52. The normalized spacial score (nSPS) is 16.8. The molecule has 2 amide bonds. The molecule has 3 aromatic rings. The van der Waals surface area contributed by atoms with E-state index in [9.17, 15) is 19.5 Å². The number of rotatable bonds is 6. The van der Waals surface area contributed by atoms with Gasteiger partial charge in [-0.15, -0.1) is 0 Å². The summed E-state index contributed by atoms with van der Waals surface area (Å²) in [6, 6.07) is 15.5. The predicted octanol–water partition coefficient (Wildman–Crippen LogP) is 3.68. The maximum absolute atomic E-state index is 13.4. The quantitative estimate of drug-likeness (QED) is 0.318. The van der Waals surface area contributed by atoms with Crippen molar-refractivity contribution in [1.82, 2.24) is 4.98 Å². The Kier molecular flexibility index (Phi) is 6.50. The first-order valence-electron chi connectivity index (χ1n) is 10.7. The molecule has 0 spiro atoms. The summed E-state index contributed by atoms with van der Waals surface area (Å²) in [6.45, 7) is 1.37. The Labute approximate surface area is 201 Å². The van der Waals surface area contributed by atoms with E-state index in [4.69, 9.17) is 9.47 Å². The van der Waals surface area contributed by atoms with Crippen LogP contribution in [0.25, 0.3) is 5.76 Å². The number of nitrogens with one attached hydrogen (secondary N) is 1. The zero-order valence-electron chi connectivity index (χ0n) is 19.3. The van der Waals surface area contributed by atoms with E-state index in [1.54, 1.807) is 60.7 Å². The van der Waals surface area contributed by atoms with Crippen LogP contribution in [0.3, 0.4) is 0 Å². The summed E-state index contributed by atoms with van der Waals surface area (Å²) in [6.07, 6.45) is 1.53. The topological polar surface area (TPSA) is 118 Å². The number of carbonyl (C=O) groups is 3. The van der Waals surface area contributed by atoms with Gasteiger partial charge in [0.25, 0.3) is 11.7 Å². The van der Waals surface area contributed by atoms with Crippen molar-refractivity contribution >= 4 is 34.7 Å². The number of aromatic nitrogens is 1. The SMILES string of the molecule is COc1cccc(OC)c1/C(O)=C1\C(=O)C(=O)N(c2cccc(NC(C)=O)c2)C1c1ccccn1. The number of anilines is 2. The largest absolute Gasteiger partial charge is 0.506 e. The molecule has 1 aliphatic rings. The number of benzene rings is 2. The number of nitrogens with zero attached hydrogens (tertiary/aromatic N) is 2. The van der Waals surface area contributed by atoms with Crippen molar-refractivity contribution in [2.24, 2.45) is 0 Å².